The molecule has 2 nitrogen and oxygen atoms in total. The zero-order valence-electron chi connectivity index (χ0n) is 12.5. The minimum absolute atomic E-state index is 0.752. The lowest BCUT2D eigenvalue weighted by molar-refractivity contribution is 0.157. The second-order valence-corrected chi connectivity index (χ2v) is 6.72. The van der Waals surface area contributed by atoms with Crippen LogP contribution in [0.2, 0.25) is 0 Å². The highest BCUT2D eigenvalue weighted by molar-refractivity contribution is 4.83. The van der Waals surface area contributed by atoms with Crippen molar-refractivity contribution in [3.8, 4) is 0 Å². The second kappa shape index (κ2) is 7.49. The maximum atomic E-state index is 3.87. The van der Waals surface area contributed by atoms with Gasteiger partial charge in [-0.1, -0.05) is 32.6 Å². The average molecular weight is 252 g/mol. The molecule has 0 aromatic heterocycles. The van der Waals surface area contributed by atoms with Gasteiger partial charge in [-0.25, -0.2) is 0 Å². The van der Waals surface area contributed by atoms with E-state index in [1.807, 2.05) is 0 Å². The van der Waals surface area contributed by atoms with Crippen LogP contribution in [-0.2, 0) is 0 Å². The molecule has 2 atom stereocenters. The van der Waals surface area contributed by atoms with Crippen LogP contribution in [0.5, 0.6) is 0 Å². The first-order chi connectivity index (χ1) is 8.78. The summed E-state index contributed by atoms with van der Waals surface area (Å²) in [5.74, 6) is 1.90. The van der Waals surface area contributed by atoms with Crippen LogP contribution in [0, 0.1) is 11.8 Å². The largest absolute Gasteiger partial charge is 0.312 e. The zero-order chi connectivity index (χ0) is 12.8. The van der Waals surface area contributed by atoms with Crippen LogP contribution in [0.4, 0.5) is 0 Å². The van der Waals surface area contributed by atoms with E-state index < -0.39 is 0 Å². The maximum Gasteiger partial charge on any atom is 0.0198 e. The fourth-order valence-corrected chi connectivity index (χ4v) is 3.93. The topological polar surface area (TPSA) is 15.3 Å². The molecule has 1 N–H and O–H groups in total. The second-order valence-electron chi connectivity index (χ2n) is 6.72. The van der Waals surface area contributed by atoms with E-state index in [2.05, 4.69) is 24.2 Å². The minimum Gasteiger partial charge on any atom is -0.312 e. The molecule has 2 rings (SSSR count). The van der Waals surface area contributed by atoms with E-state index in [4.69, 9.17) is 0 Å². The smallest absolute Gasteiger partial charge is 0.0198 e. The molecule has 0 aromatic carbocycles. The van der Waals surface area contributed by atoms with E-state index in [0.717, 1.165) is 17.9 Å². The highest BCUT2D eigenvalue weighted by atomic mass is 15.1. The third-order valence-corrected chi connectivity index (χ3v) is 4.84. The van der Waals surface area contributed by atoms with Crippen LogP contribution in [0.25, 0.3) is 0 Å². The van der Waals surface area contributed by atoms with E-state index in [0.29, 0.717) is 0 Å². The van der Waals surface area contributed by atoms with Crippen molar-refractivity contribution < 1.29 is 0 Å². The molecule has 0 radical (unpaired) electrons. The Morgan fingerprint density at radius 1 is 1.06 bits per heavy atom. The number of hydrogen-bond acceptors (Lipinski definition) is 2. The quantitative estimate of drug-likeness (QED) is 0.808. The monoisotopic (exact) mass is 252 g/mol. The Kier molecular flexibility index (Phi) is 5.97. The summed E-state index contributed by atoms with van der Waals surface area (Å²) >= 11 is 0. The predicted molar refractivity (Wildman–Crippen MR) is 78.9 cm³/mol. The number of hydrogen-bond donors (Lipinski definition) is 1. The Morgan fingerprint density at radius 3 is 2.56 bits per heavy atom. The molecule has 1 aliphatic heterocycles. The molecular formula is C16H32N2. The Labute approximate surface area is 114 Å². The van der Waals surface area contributed by atoms with Crippen molar-refractivity contribution in [2.45, 2.75) is 64.3 Å². The standard InChI is InChI=1S/C16H32N2/c1-3-7-15-10-16(13-18(2)12-15)17-11-14-8-5-4-6-9-14/h14-17H,3-13H2,1-2H3. The first-order valence-electron chi connectivity index (χ1n) is 8.19. The van der Waals surface area contributed by atoms with Gasteiger partial charge in [0.15, 0.2) is 0 Å². The highest BCUT2D eigenvalue weighted by Gasteiger charge is 2.25. The van der Waals surface area contributed by atoms with Crippen LogP contribution in [0.3, 0.4) is 0 Å². The van der Waals surface area contributed by atoms with Crippen molar-refractivity contribution in [3.05, 3.63) is 0 Å². The SMILES string of the molecule is CCCC1CC(NCC2CCCCC2)CN(C)C1. The molecule has 2 unspecified atom stereocenters. The van der Waals surface area contributed by atoms with Crippen molar-refractivity contribution in [2.75, 3.05) is 26.7 Å². The Morgan fingerprint density at radius 2 is 1.83 bits per heavy atom. The van der Waals surface area contributed by atoms with Gasteiger partial charge in [0, 0.05) is 19.1 Å². The minimum atomic E-state index is 0.752. The van der Waals surface area contributed by atoms with Gasteiger partial charge in [-0.2, -0.15) is 0 Å². The van der Waals surface area contributed by atoms with E-state index >= 15 is 0 Å². The van der Waals surface area contributed by atoms with E-state index in [1.165, 1.54) is 71.0 Å². The van der Waals surface area contributed by atoms with Gasteiger partial charge >= 0.3 is 0 Å². The summed E-state index contributed by atoms with van der Waals surface area (Å²) in [6.45, 7) is 6.17. The Balaban J connectivity index is 1.70. The number of nitrogens with one attached hydrogen (secondary N) is 1. The third-order valence-electron chi connectivity index (χ3n) is 4.84. The molecule has 0 aromatic rings. The molecule has 1 saturated carbocycles. The van der Waals surface area contributed by atoms with Gasteiger partial charge in [-0.3, -0.25) is 0 Å². The number of piperidine rings is 1. The molecule has 1 saturated heterocycles. The third kappa shape index (κ3) is 4.55. The summed E-state index contributed by atoms with van der Waals surface area (Å²) in [5, 5.41) is 3.87. The zero-order valence-corrected chi connectivity index (χ0v) is 12.5. The molecule has 2 fully saturated rings. The fourth-order valence-electron chi connectivity index (χ4n) is 3.93. The lowest BCUT2D eigenvalue weighted by atomic mass is 9.87. The molecule has 0 amide bonds. The molecule has 0 spiro atoms. The summed E-state index contributed by atoms with van der Waals surface area (Å²) in [7, 11) is 2.29. The number of likely N-dealkylation sites (tertiary alicyclic amines) is 1. The number of likely N-dealkylation sites (N-methyl/N-ethyl adjacent to an activating group) is 1. The van der Waals surface area contributed by atoms with Crippen LogP contribution in [-0.4, -0.2) is 37.6 Å². The van der Waals surface area contributed by atoms with E-state index in [9.17, 15) is 0 Å². The lowest BCUT2D eigenvalue weighted by Gasteiger charge is -2.37. The Hall–Kier alpha value is -0.0800. The Bertz CT molecular complexity index is 223. The first-order valence-corrected chi connectivity index (χ1v) is 8.19. The first kappa shape index (κ1) is 14.3. The summed E-state index contributed by atoms with van der Waals surface area (Å²) < 4.78 is 0. The van der Waals surface area contributed by atoms with Crippen LogP contribution < -0.4 is 5.32 Å². The molecule has 0 bridgehead atoms. The fraction of sp³-hybridized carbons (Fsp3) is 1.00. The maximum absolute atomic E-state index is 3.87. The highest BCUT2D eigenvalue weighted by Crippen LogP contribution is 2.24. The molecular weight excluding hydrogens is 220 g/mol. The molecule has 1 heterocycles. The molecule has 106 valence electrons. The normalized spacial score (nSPS) is 31.7. The number of rotatable bonds is 5. The average Bonchev–Trinajstić information content (AvgIpc) is 2.37. The lowest BCUT2D eigenvalue weighted by Crippen LogP contribution is -2.48. The van der Waals surface area contributed by atoms with Crippen molar-refractivity contribution in [1.82, 2.24) is 10.2 Å². The summed E-state index contributed by atoms with van der Waals surface area (Å²) in [6, 6.07) is 0.752. The van der Waals surface area contributed by atoms with Gasteiger partial charge in [0.1, 0.15) is 0 Å². The molecule has 2 aliphatic rings. The van der Waals surface area contributed by atoms with Gasteiger partial charge in [-0.15, -0.1) is 0 Å². The van der Waals surface area contributed by atoms with Crippen molar-refractivity contribution in [3.63, 3.8) is 0 Å². The van der Waals surface area contributed by atoms with E-state index in [-0.39, 0.29) is 0 Å². The van der Waals surface area contributed by atoms with Gasteiger partial charge in [-0.05, 0) is 51.1 Å². The van der Waals surface area contributed by atoms with Crippen molar-refractivity contribution in [1.29, 1.82) is 0 Å². The van der Waals surface area contributed by atoms with Crippen molar-refractivity contribution >= 4 is 0 Å². The molecule has 2 heteroatoms. The van der Waals surface area contributed by atoms with E-state index in [1.54, 1.807) is 0 Å². The number of nitrogens with zero attached hydrogens (tertiary/aromatic N) is 1. The van der Waals surface area contributed by atoms with Gasteiger partial charge in [0.2, 0.25) is 0 Å². The van der Waals surface area contributed by atoms with Crippen LogP contribution in [0.15, 0.2) is 0 Å². The molecule has 18 heavy (non-hydrogen) atoms. The summed E-state index contributed by atoms with van der Waals surface area (Å²) in [4.78, 5) is 2.53. The van der Waals surface area contributed by atoms with Crippen LogP contribution >= 0.6 is 0 Å². The van der Waals surface area contributed by atoms with Gasteiger partial charge < -0.3 is 10.2 Å². The van der Waals surface area contributed by atoms with Crippen LogP contribution in [0.1, 0.15) is 58.3 Å². The summed E-state index contributed by atoms with van der Waals surface area (Å²) in [5.41, 5.74) is 0. The predicted octanol–water partition coefficient (Wildman–Crippen LogP) is 3.28. The molecule has 1 aliphatic carbocycles. The van der Waals surface area contributed by atoms with Gasteiger partial charge in [0.05, 0.1) is 0 Å². The van der Waals surface area contributed by atoms with Gasteiger partial charge in [0.25, 0.3) is 0 Å². The van der Waals surface area contributed by atoms with Crippen molar-refractivity contribution in [2.24, 2.45) is 11.8 Å². The summed E-state index contributed by atoms with van der Waals surface area (Å²) in [6.07, 6.45) is 11.5.